The molecule has 0 bridgehead atoms. The number of rotatable bonds is 9. The van der Waals surface area contributed by atoms with E-state index in [2.05, 4.69) is 22.8 Å². The van der Waals surface area contributed by atoms with Crippen LogP contribution in [0.4, 0.5) is 17.2 Å². The predicted octanol–water partition coefficient (Wildman–Crippen LogP) is 3.10. The number of fused-ring (bicyclic) bond motifs is 1. The Hall–Kier alpha value is -3.37. The third-order valence-electron chi connectivity index (χ3n) is 6.93. The molecule has 1 aliphatic rings. The maximum Gasteiger partial charge on any atom is 0.260 e. The molecule has 198 valence electrons. The van der Waals surface area contributed by atoms with Gasteiger partial charge in [0.2, 0.25) is 0 Å². The molecule has 1 aliphatic heterocycles. The van der Waals surface area contributed by atoms with Crippen LogP contribution in [0, 0.1) is 0 Å². The Balaban J connectivity index is 1.53. The average molecular weight is 525 g/mol. The Morgan fingerprint density at radius 1 is 1.19 bits per heavy atom. The molecule has 0 spiro atoms. The molecule has 0 radical (unpaired) electrons. The Labute approximate surface area is 221 Å². The van der Waals surface area contributed by atoms with Crippen LogP contribution in [0.1, 0.15) is 51.8 Å². The predicted molar refractivity (Wildman–Crippen MR) is 151 cm³/mol. The second-order valence-electron chi connectivity index (χ2n) is 9.66. The van der Waals surface area contributed by atoms with E-state index in [1.807, 2.05) is 24.3 Å². The van der Waals surface area contributed by atoms with Crippen LogP contribution in [-0.4, -0.2) is 73.2 Å². The lowest BCUT2D eigenvalue weighted by atomic mass is 10.0. The van der Waals surface area contributed by atoms with E-state index in [1.165, 1.54) is 11.3 Å². The lowest BCUT2D eigenvalue weighted by molar-refractivity contribution is 0.0827. The number of aliphatic hydroxyl groups is 1. The van der Waals surface area contributed by atoms with Gasteiger partial charge in [-0.15, -0.1) is 11.3 Å². The number of carbonyl (C=O) groups excluding carboxylic acids is 2. The summed E-state index contributed by atoms with van der Waals surface area (Å²) < 4.78 is 0. The van der Waals surface area contributed by atoms with Crippen LogP contribution in [0.3, 0.4) is 0 Å². The highest BCUT2D eigenvalue weighted by molar-refractivity contribution is 7.21. The number of benzene rings is 1. The monoisotopic (exact) mass is 524 g/mol. The zero-order chi connectivity index (χ0) is 26.7. The van der Waals surface area contributed by atoms with Crippen molar-refractivity contribution in [3.63, 3.8) is 0 Å². The lowest BCUT2D eigenvalue weighted by Crippen LogP contribution is -2.46. The van der Waals surface area contributed by atoms with Crippen molar-refractivity contribution in [2.45, 2.75) is 38.6 Å². The van der Waals surface area contributed by atoms with Gasteiger partial charge in [0, 0.05) is 56.4 Å². The van der Waals surface area contributed by atoms with Crippen LogP contribution in [0.2, 0.25) is 0 Å². The number of nitrogen functional groups attached to an aromatic ring is 1. The highest BCUT2D eigenvalue weighted by Crippen LogP contribution is 2.37. The molecule has 0 saturated carbocycles. The number of pyridine rings is 1. The van der Waals surface area contributed by atoms with E-state index in [0.29, 0.717) is 22.7 Å². The minimum Gasteiger partial charge on any atom is -0.397 e. The van der Waals surface area contributed by atoms with Gasteiger partial charge in [-0.2, -0.15) is 0 Å². The van der Waals surface area contributed by atoms with Gasteiger partial charge in [0.15, 0.2) is 0 Å². The number of nitrogens with two attached hydrogens (primary N) is 2. The second kappa shape index (κ2) is 11.4. The molecule has 2 amide bonds. The van der Waals surface area contributed by atoms with Gasteiger partial charge in [-0.25, -0.2) is 4.98 Å². The highest BCUT2D eigenvalue weighted by Gasteiger charge is 2.27. The first-order valence-electron chi connectivity index (χ1n) is 12.7. The summed E-state index contributed by atoms with van der Waals surface area (Å²) in [6, 6.07) is 9.98. The minimum atomic E-state index is -0.520. The first-order chi connectivity index (χ1) is 17.7. The van der Waals surface area contributed by atoms with Crippen LogP contribution in [0.25, 0.3) is 10.2 Å². The van der Waals surface area contributed by atoms with E-state index in [0.717, 1.165) is 66.1 Å². The summed E-state index contributed by atoms with van der Waals surface area (Å²) in [4.78, 5) is 36.2. The summed E-state index contributed by atoms with van der Waals surface area (Å²) in [5.41, 5.74) is 15.0. The number of amides is 2. The molecule has 4 rings (SSSR count). The van der Waals surface area contributed by atoms with E-state index < -0.39 is 5.91 Å². The third kappa shape index (κ3) is 5.50. The van der Waals surface area contributed by atoms with Crippen molar-refractivity contribution < 1.29 is 14.7 Å². The van der Waals surface area contributed by atoms with Crippen molar-refractivity contribution in [2.75, 3.05) is 55.9 Å². The molecule has 10 heteroatoms. The van der Waals surface area contributed by atoms with Crippen molar-refractivity contribution >= 4 is 50.6 Å². The summed E-state index contributed by atoms with van der Waals surface area (Å²) in [7, 11) is 3.48. The quantitative estimate of drug-likeness (QED) is 0.392. The van der Waals surface area contributed by atoms with Gasteiger partial charge in [-0.3, -0.25) is 9.59 Å². The number of aliphatic hydroxyl groups excluding tert-OH is 1. The van der Waals surface area contributed by atoms with Gasteiger partial charge in [0.05, 0.1) is 12.3 Å². The molecule has 5 N–H and O–H groups in total. The zero-order valence-corrected chi connectivity index (χ0v) is 22.6. The molecule has 1 fully saturated rings. The van der Waals surface area contributed by atoms with Crippen molar-refractivity contribution in [3.8, 4) is 0 Å². The van der Waals surface area contributed by atoms with Crippen molar-refractivity contribution in [2.24, 2.45) is 5.73 Å². The van der Waals surface area contributed by atoms with Crippen molar-refractivity contribution in [1.82, 2.24) is 9.88 Å². The Bertz CT molecular complexity index is 1270. The number of thiophene rings is 1. The fourth-order valence-corrected chi connectivity index (χ4v) is 6.08. The minimum absolute atomic E-state index is 0.0316. The maximum absolute atomic E-state index is 12.3. The van der Waals surface area contributed by atoms with E-state index in [4.69, 9.17) is 16.5 Å². The average Bonchev–Trinajstić information content (AvgIpc) is 3.24. The molecule has 0 aliphatic carbocycles. The number of anilines is 3. The molecular formula is C27H36N6O3S. The van der Waals surface area contributed by atoms with Crippen LogP contribution in [-0.2, 0) is 6.42 Å². The molecule has 1 saturated heterocycles. The fraction of sp³-hybridized carbons (Fsp3) is 0.444. The largest absolute Gasteiger partial charge is 0.397 e. The normalized spacial score (nSPS) is 14.2. The van der Waals surface area contributed by atoms with E-state index in [-0.39, 0.29) is 18.6 Å². The van der Waals surface area contributed by atoms with Gasteiger partial charge in [0.25, 0.3) is 11.8 Å². The molecule has 3 heterocycles. The standard InChI is InChI=1S/C27H36N6O3S/c1-4-5-18-16-21(30-26-22(18)23(28)24(37-26)25(29)35)32-12-10-20(11-13-32)33(14-15-34)19-8-6-17(7-9-19)27(36)31(2)3/h6-9,16,20,34H,4-5,10-15,28H2,1-3H3,(H2,29,35). The van der Waals surface area contributed by atoms with Crippen LogP contribution in [0.5, 0.6) is 0 Å². The van der Waals surface area contributed by atoms with Gasteiger partial charge in [-0.1, -0.05) is 13.3 Å². The molecule has 37 heavy (non-hydrogen) atoms. The highest BCUT2D eigenvalue weighted by atomic mass is 32.1. The first-order valence-corrected chi connectivity index (χ1v) is 13.5. The van der Waals surface area contributed by atoms with E-state index in [9.17, 15) is 14.7 Å². The summed E-state index contributed by atoms with van der Waals surface area (Å²) in [6.07, 6.45) is 3.61. The maximum atomic E-state index is 12.3. The fourth-order valence-electron chi connectivity index (χ4n) is 5.09. The van der Waals surface area contributed by atoms with Crippen LogP contribution in [0.15, 0.2) is 30.3 Å². The number of primary amides is 1. The molecule has 0 unspecified atom stereocenters. The molecule has 3 aromatic rings. The van der Waals surface area contributed by atoms with Crippen LogP contribution < -0.4 is 21.3 Å². The summed E-state index contributed by atoms with van der Waals surface area (Å²) in [6.45, 7) is 4.34. The number of hydrogen-bond donors (Lipinski definition) is 3. The van der Waals surface area contributed by atoms with Crippen molar-refractivity contribution in [3.05, 3.63) is 46.3 Å². The molecule has 2 aromatic heterocycles. The second-order valence-corrected chi connectivity index (χ2v) is 10.7. The van der Waals surface area contributed by atoms with Crippen molar-refractivity contribution in [1.29, 1.82) is 0 Å². The number of carbonyl (C=O) groups is 2. The SMILES string of the molecule is CCCc1cc(N2CCC(N(CCO)c3ccc(C(=O)N(C)C)cc3)CC2)nc2sc(C(N)=O)c(N)c12. The van der Waals surface area contributed by atoms with Gasteiger partial charge in [0.1, 0.15) is 15.5 Å². The van der Waals surface area contributed by atoms with E-state index in [1.54, 1.807) is 19.0 Å². The number of aryl methyl sites for hydroxylation is 1. The number of piperidine rings is 1. The summed E-state index contributed by atoms with van der Waals surface area (Å²) >= 11 is 1.26. The zero-order valence-electron chi connectivity index (χ0n) is 21.7. The number of aromatic nitrogens is 1. The first kappa shape index (κ1) is 26.7. The summed E-state index contributed by atoms with van der Waals surface area (Å²) in [5, 5.41) is 10.6. The Morgan fingerprint density at radius 2 is 1.86 bits per heavy atom. The molecular weight excluding hydrogens is 488 g/mol. The molecule has 0 atom stereocenters. The Morgan fingerprint density at radius 3 is 2.43 bits per heavy atom. The van der Waals surface area contributed by atoms with Gasteiger partial charge in [-0.05, 0) is 55.2 Å². The smallest absolute Gasteiger partial charge is 0.260 e. The van der Waals surface area contributed by atoms with Gasteiger partial charge < -0.3 is 31.3 Å². The number of hydrogen-bond acceptors (Lipinski definition) is 8. The lowest BCUT2D eigenvalue weighted by Gasteiger charge is -2.40. The molecule has 9 nitrogen and oxygen atoms in total. The van der Waals surface area contributed by atoms with Gasteiger partial charge >= 0.3 is 0 Å². The van der Waals surface area contributed by atoms with E-state index >= 15 is 0 Å². The Kier molecular flexibility index (Phi) is 8.19. The third-order valence-corrected chi connectivity index (χ3v) is 8.05. The van der Waals surface area contributed by atoms with Crippen LogP contribution >= 0.6 is 11.3 Å². The topological polar surface area (TPSA) is 129 Å². The summed E-state index contributed by atoms with van der Waals surface area (Å²) in [5.74, 6) is 0.344. The number of nitrogens with zero attached hydrogens (tertiary/aromatic N) is 4. The molecule has 1 aromatic carbocycles.